The number of hydrogen-bond acceptors (Lipinski definition) is 5. The van der Waals surface area contributed by atoms with E-state index in [1.807, 2.05) is 41.8 Å². The Hall–Kier alpha value is -2.29. The molecule has 0 bridgehead atoms. The molecule has 1 aromatic heterocycles. The van der Waals surface area contributed by atoms with Gasteiger partial charge < -0.3 is 16.1 Å². The summed E-state index contributed by atoms with van der Waals surface area (Å²) in [5.74, 6) is 4.97. The molecule has 5 N–H and O–H groups in total. The van der Waals surface area contributed by atoms with Crippen molar-refractivity contribution in [3.05, 3.63) is 52.9 Å². The molecule has 112 valence electrons. The van der Waals surface area contributed by atoms with E-state index in [1.54, 1.807) is 0 Å². The lowest BCUT2D eigenvalue weighted by molar-refractivity contribution is -0.117. The second kappa shape index (κ2) is 6.22. The first kappa shape index (κ1) is 14.6. The lowest BCUT2D eigenvalue weighted by atomic mass is 10.0. The van der Waals surface area contributed by atoms with Crippen LogP contribution in [-0.2, 0) is 4.79 Å². The van der Waals surface area contributed by atoms with Gasteiger partial charge in [0, 0.05) is 11.1 Å². The van der Waals surface area contributed by atoms with Crippen molar-refractivity contribution in [2.45, 2.75) is 6.17 Å². The van der Waals surface area contributed by atoms with Crippen LogP contribution in [0.5, 0.6) is 0 Å². The number of nitrogens with zero attached hydrogens (tertiary/aromatic N) is 1. The Kier molecular flexibility index (Phi) is 4.14. The van der Waals surface area contributed by atoms with E-state index >= 15 is 0 Å². The minimum absolute atomic E-state index is 0.154. The van der Waals surface area contributed by atoms with E-state index < -0.39 is 6.17 Å². The number of thiocarbonyl (C=S) groups is 1. The maximum Gasteiger partial charge on any atom is 0.270 e. The van der Waals surface area contributed by atoms with E-state index in [1.165, 1.54) is 11.3 Å². The molecule has 0 aliphatic carbocycles. The van der Waals surface area contributed by atoms with Gasteiger partial charge in [-0.1, -0.05) is 30.3 Å². The van der Waals surface area contributed by atoms with E-state index in [2.05, 4.69) is 21.1 Å². The van der Waals surface area contributed by atoms with Crippen LogP contribution in [0.1, 0.15) is 11.1 Å². The second-order valence-electron chi connectivity index (χ2n) is 4.52. The monoisotopic (exact) mass is 331 g/mol. The van der Waals surface area contributed by atoms with Gasteiger partial charge in [-0.05, 0) is 23.7 Å². The van der Waals surface area contributed by atoms with E-state index in [4.69, 9.17) is 18.1 Å². The minimum atomic E-state index is -0.849. The van der Waals surface area contributed by atoms with E-state index in [0.29, 0.717) is 0 Å². The average Bonchev–Trinajstić information content (AvgIpc) is 2.94. The normalized spacial score (nSPS) is 16.9. The maximum atomic E-state index is 12.3. The number of thiophene rings is 1. The molecule has 3 rings (SSSR count). The van der Waals surface area contributed by atoms with Gasteiger partial charge in [-0.15, -0.1) is 11.3 Å². The van der Waals surface area contributed by atoms with Crippen molar-refractivity contribution >= 4 is 45.3 Å². The molecule has 0 radical (unpaired) electrons. The SMILES string of the molecule is NNC(=S)NC1N=C(c2ccccc2)c2ccsc2NC1=O. The molecule has 1 amide bonds. The molecule has 2 aromatic rings. The van der Waals surface area contributed by atoms with Gasteiger partial charge in [-0.3, -0.25) is 4.79 Å². The summed E-state index contributed by atoms with van der Waals surface area (Å²) in [6.45, 7) is 0. The zero-order chi connectivity index (χ0) is 15.5. The molecule has 1 unspecified atom stereocenters. The van der Waals surface area contributed by atoms with Gasteiger partial charge in [-0.25, -0.2) is 10.8 Å². The minimum Gasteiger partial charge on any atom is -0.332 e. The van der Waals surface area contributed by atoms with E-state index in [9.17, 15) is 4.79 Å². The molecule has 1 aliphatic heterocycles. The van der Waals surface area contributed by atoms with Crippen LogP contribution in [0.3, 0.4) is 0 Å². The Bertz CT molecular complexity index is 741. The summed E-state index contributed by atoms with van der Waals surface area (Å²) in [5.41, 5.74) is 4.84. The first-order valence-electron chi connectivity index (χ1n) is 6.48. The smallest absolute Gasteiger partial charge is 0.270 e. The predicted molar refractivity (Wildman–Crippen MR) is 91.9 cm³/mol. The predicted octanol–water partition coefficient (Wildman–Crippen LogP) is 1.20. The van der Waals surface area contributed by atoms with Crippen molar-refractivity contribution in [2.24, 2.45) is 10.8 Å². The third-order valence-electron chi connectivity index (χ3n) is 3.11. The van der Waals surface area contributed by atoms with Crippen molar-refractivity contribution in [1.29, 1.82) is 0 Å². The molecule has 2 heterocycles. The van der Waals surface area contributed by atoms with Crippen LogP contribution in [0.15, 0.2) is 46.8 Å². The summed E-state index contributed by atoms with van der Waals surface area (Å²) < 4.78 is 0. The number of nitrogens with two attached hydrogens (primary N) is 1. The number of nitrogens with one attached hydrogen (secondary N) is 3. The molecule has 0 saturated carbocycles. The fourth-order valence-electron chi connectivity index (χ4n) is 2.12. The van der Waals surface area contributed by atoms with E-state index in [-0.39, 0.29) is 11.0 Å². The van der Waals surface area contributed by atoms with Gasteiger partial charge in [0.05, 0.1) is 5.71 Å². The van der Waals surface area contributed by atoms with Gasteiger partial charge in [0.25, 0.3) is 5.91 Å². The van der Waals surface area contributed by atoms with Gasteiger partial charge in [0.1, 0.15) is 5.00 Å². The van der Waals surface area contributed by atoms with Gasteiger partial charge in [-0.2, -0.15) is 0 Å². The fraction of sp³-hybridized carbons (Fsp3) is 0.0714. The number of hydrazine groups is 1. The van der Waals surface area contributed by atoms with Crippen molar-refractivity contribution < 1.29 is 4.79 Å². The van der Waals surface area contributed by atoms with Crippen LogP contribution >= 0.6 is 23.6 Å². The highest BCUT2D eigenvalue weighted by Crippen LogP contribution is 2.28. The zero-order valence-electron chi connectivity index (χ0n) is 11.4. The number of benzene rings is 1. The number of carbonyl (C=O) groups excluding carboxylic acids is 1. The average molecular weight is 331 g/mol. The number of rotatable bonds is 2. The third kappa shape index (κ3) is 2.84. The largest absolute Gasteiger partial charge is 0.332 e. The summed E-state index contributed by atoms with van der Waals surface area (Å²) in [7, 11) is 0. The van der Waals surface area contributed by atoms with Gasteiger partial charge in [0.2, 0.25) is 6.17 Å². The molecule has 1 aliphatic rings. The van der Waals surface area contributed by atoms with Crippen LogP contribution in [0.25, 0.3) is 0 Å². The van der Waals surface area contributed by atoms with Crippen LogP contribution in [0.2, 0.25) is 0 Å². The first-order chi connectivity index (χ1) is 10.7. The molecule has 0 fully saturated rings. The Labute approximate surface area is 136 Å². The third-order valence-corrected chi connectivity index (χ3v) is 4.18. The number of amides is 1. The van der Waals surface area contributed by atoms with Crippen LogP contribution in [0, 0.1) is 0 Å². The summed E-state index contributed by atoms with van der Waals surface area (Å²) >= 11 is 6.41. The highest BCUT2D eigenvalue weighted by molar-refractivity contribution is 7.80. The second-order valence-corrected chi connectivity index (χ2v) is 5.84. The summed E-state index contributed by atoms with van der Waals surface area (Å²) in [5, 5.41) is 8.48. The zero-order valence-corrected chi connectivity index (χ0v) is 13.0. The Balaban J connectivity index is 2.07. The van der Waals surface area contributed by atoms with Crippen LogP contribution in [0.4, 0.5) is 5.00 Å². The summed E-state index contributed by atoms with van der Waals surface area (Å²) in [4.78, 5) is 16.8. The fourth-order valence-corrected chi connectivity index (χ4v) is 3.02. The molecule has 22 heavy (non-hydrogen) atoms. The van der Waals surface area contributed by atoms with Crippen molar-refractivity contribution in [2.75, 3.05) is 5.32 Å². The molecule has 1 aromatic carbocycles. The van der Waals surface area contributed by atoms with Gasteiger partial charge in [0.15, 0.2) is 5.11 Å². The van der Waals surface area contributed by atoms with Crippen molar-refractivity contribution in [1.82, 2.24) is 10.7 Å². The standard InChI is InChI=1S/C14H13N5OS2/c15-19-14(21)17-11-12(20)18-13-9(6-7-22-13)10(16-11)8-4-2-1-3-5-8/h1-7,11H,15H2,(H,18,20)(H2,17,19,21). The Morgan fingerprint density at radius 2 is 2.09 bits per heavy atom. The molecule has 0 saturated heterocycles. The molecule has 6 nitrogen and oxygen atoms in total. The number of carbonyl (C=O) groups is 1. The number of aliphatic imine (C=N–C) groups is 1. The molecule has 1 atom stereocenters. The quantitative estimate of drug-likeness (QED) is 0.377. The number of anilines is 1. The van der Waals surface area contributed by atoms with Crippen LogP contribution < -0.4 is 21.9 Å². The lowest BCUT2D eigenvalue weighted by Gasteiger charge is -2.14. The Morgan fingerprint density at radius 1 is 1.32 bits per heavy atom. The maximum absolute atomic E-state index is 12.3. The number of hydrogen-bond donors (Lipinski definition) is 4. The van der Waals surface area contributed by atoms with E-state index in [0.717, 1.165) is 21.8 Å². The summed E-state index contributed by atoms with van der Waals surface area (Å²) in [6.07, 6.45) is -0.849. The molecular weight excluding hydrogens is 318 g/mol. The lowest BCUT2D eigenvalue weighted by Crippen LogP contribution is -2.48. The highest BCUT2D eigenvalue weighted by atomic mass is 32.1. The Morgan fingerprint density at radius 3 is 2.82 bits per heavy atom. The first-order valence-corrected chi connectivity index (χ1v) is 7.77. The van der Waals surface area contributed by atoms with Crippen LogP contribution in [-0.4, -0.2) is 22.9 Å². The molecule has 0 spiro atoms. The van der Waals surface area contributed by atoms with Crippen molar-refractivity contribution in [3.63, 3.8) is 0 Å². The van der Waals surface area contributed by atoms with Crippen molar-refractivity contribution in [3.8, 4) is 0 Å². The molecule has 8 heteroatoms. The topological polar surface area (TPSA) is 91.5 Å². The highest BCUT2D eigenvalue weighted by Gasteiger charge is 2.26. The number of fused-ring (bicyclic) bond motifs is 1. The van der Waals surface area contributed by atoms with Gasteiger partial charge >= 0.3 is 0 Å². The summed E-state index contributed by atoms with van der Waals surface area (Å²) in [6, 6.07) is 11.6. The molecular formula is C14H13N5OS2.